The predicted octanol–water partition coefficient (Wildman–Crippen LogP) is 2.23. The number of H-pyrrole nitrogens is 1. The maximum atomic E-state index is 12.5. The van der Waals surface area contributed by atoms with Crippen LogP contribution in [0.15, 0.2) is 52.4 Å². The van der Waals surface area contributed by atoms with Gasteiger partial charge >= 0.3 is 0 Å². The van der Waals surface area contributed by atoms with Gasteiger partial charge in [-0.25, -0.2) is 10.5 Å². The van der Waals surface area contributed by atoms with Crippen LogP contribution in [0.5, 0.6) is 5.75 Å². The Labute approximate surface area is 161 Å². The van der Waals surface area contributed by atoms with E-state index < -0.39 is 5.91 Å². The predicted molar refractivity (Wildman–Crippen MR) is 106 cm³/mol. The fourth-order valence-corrected chi connectivity index (χ4v) is 2.81. The van der Waals surface area contributed by atoms with Crippen molar-refractivity contribution in [3.8, 4) is 5.75 Å². The van der Waals surface area contributed by atoms with Crippen molar-refractivity contribution in [1.82, 2.24) is 15.6 Å². The number of carbonyl (C=O) groups excluding carboxylic acids is 1. The van der Waals surface area contributed by atoms with E-state index in [0.717, 1.165) is 11.1 Å². The first-order chi connectivity index (χ1) is 13.5. The van der Waals surface area contributed by atoms with Gasteiger partial charge in [-0.05, 0) is 36.8 Å². The molecule has 0 aliphatic carbocycles. The summed E-state index contributed by atoms with van der Waals surface area (Å²) in [4.78, 5) is 24.4. The van der Waals surface area contributed by atoms with E-state index in [9.17, 15) is 9.59 Å². The number of methoxy groups -OCH3 is 2. The number of fused-ring (bicyclic) bond motifs is 1. The van der Waals surface area contributed by atoms with Gasteiger partial charge in [0.1, 0.15) is 5.75 Å². The lowest BCUT2D eigenvalue weighted by Gasteiger charge is -2.10. The number of nitrogens with one attached hydrogen (secondary N) is 2. The van der Waals surface area contributed by atoms with E-state index in [2.05, 4.69) is 20.7 Å². The molecular weight excluding hydrogens is 360 g/mol. The number of nitrogens with zero attached hydrogens (tertiary/aromatic N) is 2. The number of hydrogen-bond donors (Lipinski definition) is 2. The van der Waals surface area contributed by atoms with E-state index in [-0.39, 0.29) is 11.3 Å². The lowest BCUT2D eigenvalue weighted by Crippen LogP contribution is -2.23. The van der Waals surface area contributed by atoms with Crippen LogP contribution in [0.2, 0.25) is 0 Å². The molecule has 0 radical (unpaired) electrons. The highest BCUT2D eigenvalue weighted by molar-refractivity contribution is 6.06. The molecule has 0 saturated heterocycles. The van der Waals surface area contributed by atoms with Crippen molar-refractivity contribution in [2.75, 3.05) is 14.2 Å². The molecule has 0 unspecified atom stereocenters. The first-order valence-electron chi connectivity index (χ1n) is 8.53. The second-order valence-electron chi connectivity index (χ2n) is 6.04. The average molecular weight is 380 g/mol. The molecule has 0 fully saturated rings. The molecule has 1 aromatic heterocycles. The zero-order valence-corrected chi connectivity index (χ0v) is 15.8. The molecule has 2 aromatic carbocycles. The maximum absolute atomic E-state index is 12.5. The van der Waals surface area contributed by atoms with Gasteiger partial charge in [-0.15, -0.1) is 0 Å². The summed E-state index contributed by atoms with van der Waals surface area (Å²) < 4.78 is 10.5. The van der Waals surface area contributed by atoms with E-state index in [0.29, 0.717) is 28.8 Å². The molecule has 0 bridgehead atoms. The highest BCUT2D eigenvalue weighted by Gasteiger charge is 2.14. The Morgan fingerprint density at radius 2 is 1.93 bits per heavy atom. The lowest BCUT2D eigenvalue weighted by atomic mass is 10.1. The van der Waals surface area contributed by atoms with Crippen LogP contribution in [0.3, 0.4) is 0 Å². The standard InChI is InChI=1S/C20H20N4O4/c1-12(13-8-9-17(28-3)14(10-13)11-27-2)21-24-20(26)18-15-6-4-5-7-16(15)19(25)23-22-18/h4-10H,11H2,1-3H3,(H,23,25)(H,24,26)/b21-12-. The molecule has 1 heterocycles. The molecular formula is C20H20N4O4. The second kappa shape index (κ2) is 8.45. The highest BCUT2D eigenvalue weighted by atomic mass is 16.5. The van der Waals surface area contributed by atoms with Crippen molar-refractivity contribution in [3.63, 3.8) is 0 Å². The summed E-state index contributed by atoms with van der Waals surface area (Å²) in [5, 5.41) is 11.2. The fraction of sp³-hybridized carbons (Fsp3) is 0.200. The Balaban J connectivity index is 1.86. The smallest absolute Gasteiger partial charge is 0.292 e. The molecule has 0 spiro atoms. The SMILES string of the molecule is COCc1cc(/C(C)=N\NC(=O)c2n[nH]c(=O)c3ccccc23)ccc1OC. The van der Waals surface area contributed by atoms with Gasteiger partial charge in [-0.1, -0.05) is 18.2 Å². The van der Waals surface area contributed by atoms with Crippen LogP contribution in [-0.4, -0.2) is 36.0 Å². The van der Waals surface area contributed by atoms with E-state index in [1.807, 2.05) is 18.2 Å². The van der Waals surface area contributed by atoms with Gasteiger partial charge < -0.3 is 9.47 Å². The number of hydrazone groups is 1. The second-order valence-corrected chi connectivity index (χ2v) is 6.04. The number of aromatic amines is 1. The molecule has 0 atom stereocenters. The Morgan fingerprint density at radius 1 is 1.18 bits per heavy atom. The molecule has 3 aromatic rings. The van der Waals surface area contributed by atoms with E-state index in [1.54, 1.807) is 45.4 Å². The van der Waals surface area contributed by atoms with E-state index >= 15 is 0 Å². The van der Waals surface area contributed by atoms with Crippen molar-refractivity contribution in [1.29, 1.82) is 0 Å². The lowest BCUT2D eigenvalue weighted by molar-refractivity contribution is 0.0950. The molecule has 8 nitrogen and oxygen atoms in total. The molecule has 144 valence electrons. The van der Waals surface area contributed by atoms with Crippen molar-refractivity contribution in [3.05, 3.63) is 69.6 Å². The van der Waals surface area contributed by atoms with Crippen LogP contribution >= 0.6 is 0 Å². The molecule has 2 N–H and O–H groups in total. The fourth-order valence-electron chi connectivity index (χ4n) is 2.81. The van der Waals surface area contributed by atoms with Crippen molar-refractivity contribution in [2.45, 2.75) is 13.5 Å². The van der Waals surface area contributed by atoms with Gasteiger partial charge in [-0.2, -0.15) is 10.2 Å². The number of benzene rings is 2. The molecule has 8 heteroatoms. The molecule has 1 amide bonds. The quantitative estimate of drug-likeness (QED) is 0.504. The highest BCUT2D eigenvalue weighted by Crippen LogP contribution is 2.21. The minimum atomic E-state index is -0.516. The van der Waals surface area contributed by atoms with Gasteiger partial charge in [0.2, 0.25) is 0 Å². The number of rotatable bonds is 6. The minimum absolute atomic E-state index is 0.0987. The Kier molecular flexibility index (Phi) is 5.81. The van der Waals surface area contributed by atoms with Gasteiger partial charge in [0.15, 0.2) is 5.69 Å². The third-order valence-corrected chi connectivity index (χ3v) is 4.23. The van der Waals surface area contributed by atoms with Crippen LogP contribution in [0, 0.1) is 0 Å². The van der Waals surface area contributed by atoms with Gasteiger partial charge in [0.05, 0.1) is 24.8 Å². The van der Waals surface area contributed by atoms with Crippen LogP contribution in [0.1, 0.15) is 28.5 Å². The zero-order chi connectivity index (χ0) is 20.1. The first-order valence-corrected chi connectivity index (χ1v) is 8.53. The third kappa shape index (κ3) is 3.91. The summed E-state index contributed by atoms with van der Waals surface area (Å²) in [6.45, 7) is 2.17. The van der Waals surface area contributed by atoms with Crippen molar-refractivity contribution in [2.24, 2.45) is 5.10 Å². The van der Waals surface area contributed by atoms with E-state index in [4.69, 9.17) is 9.47 Å². The molecule has 0 aliphatic rings. The first kappa shape index (κ1) is 19.2. The van der Waals surface area contributed by atoms with Crippen molar-refractivity contribution < 1.29 is 14.3 Å². The normalized spacial score (nSPS) is 11.5. The summed E-state index contributed by atoms with van der Waals surface area (Å²) in [5.74, 6) is 0.198. The molecule has 3 rings (SSSR count). The van der Waals surface area contributed by atoms with Gasteiger partial charge in [0.25, 0.3) is 11.5 Å². The Hall–Kier alpha value is -3.52. The van der Waals surface area contributed by atoms with Crippen LogP contribution in [-0.2, 0) is 11.3 Å². The summed E-state index contributed by atoms with van der Waals surface area (Å²) in [7, 11) is 3.20. The largest absolute Gasteiger partial charge is 0.496 e. The zero-order valence-electron chi connectivity index (χ0n) is 15.8. The Bertz CT molecular complexity index is 1100. The summed E-state index contributed by atoms with van der Waals surface area (Å²) in [6.07, 6.45) is 0. The number of amides is 1. The number of aromatic nitrogens is 2. The summed E-state index contributed by atoms with van der Waals surface area (Å²) in [6, 6.07) is 12.3. The maximum Gasteiger partial charge on any atom is 0.292 e. The number of carbonyl (C=O) groups is 1. The molecule has 0 saturated carbocycles. The monoisotopic (exact) mass is 380 g/mol. The van der Waals surface area contributed by atoms with Crippen molar-refractivity contribution >= 4 is 22.4 Å². The topological polar surface area (TPSA) is 106 Å². The molecule has 28 heavy (non-hydrogen) atoms. The average Bonchev–Trinajstić information content (AvgIpc) is 2.72. The van der Waals surface area contributed by atoms with Crippen LogP contribution < -0.4 is 15.7 Å². The van der Waals surface area contributed by atoms with Crippen LogP contribution in [0.25, 0.3) is 10.8 Å². The van der Waals surface area contributed by atoms with Gasteiger partial charge in [0, 0.05) is 18.1 Å². The van der Waals surface area contributed by atoms with E-state index in [1.165, 1.54) is 0 Å². The number of hydrogen-bond acceptors (Lipinski definition) is 6. The van der Waals surface area contributed by atoms with Crippen LogP contribution in [0.4, 0.5) is 0 Å². The summed E-state index contributed by atoms with van der Waals surface area (Å²) in [5.41, 5.74) is 4.52. The molecule has 0 aliphatic heterocycles. The third-order valence-electron chi connectivity index (χ3n) is 4.23. The van der Waals surface area contributed by atoms with Gasteiger partial charge in [-0.3, -0.25) is 9.59 Å². The summed E-state index contributed by atoms with van der Waals surface area (Å²) >= 11 is 0. The minimum Gasteiger partial charge on any atom is -0.496 e. The number of ether oxygens (including phenoxy) is 2. The Morgan fingerprint density at radius 3 is 2.64 bits per heavy atom.